The van der Waals surface area contributed by atoms with Crippen molar-refractivity contribution in [1.82, 2.24) is 10.2 Å². The quantitative estimate of drug-likeness (QED) is 0.860. The van der Waals surface area contributed by atoms with Crippen LogP contribution in [-0.4, -0.2) is 36.3 Å². The normalized spacial score (nSPS) is 16.7. The Labute approximate surface area is 167 Å². The number of benzene rings is 2. The third kappa shape index (κ3) is 5.00. The molecule has 0 unspecified atom stereocenters. The van der Waals surface area contributed by atoms with Crippen LogP contribution < -0.4 is 5.32 Å². The molecule has 0 aliphatic carbocycles. The fraction of sp³-hybridized carbons (Fsp3) is 0.417. The molecule has 1 aliphatic rings. The number of hydrogen-bond acceptors (Lipinski definition) is 2. The largest absolute Gasteiger partial charge is 0.355 e. The molecule has 0 spiro atoms. The lowest BCUT2D eigenvalue weighted by Crippen LogP contribution is -2.45. The van der Waals surface area contributed by atoms with Crippen LogP contribution in [0.25, 0.3) is 0 Å². The molecule has 1 N–H and O–H groups in total. The number of carbonyl (C=O) groups excluding carboxylic acids is 2. The average Bonchev–Trinajstić information content (AvgIpc) is 2.68. The number of nitrogens with one attached hydrogen (secondary N) is 1. The molecule has 2 aromatic carbocycles. The highest BCUT2D eigenvalue weighted by Gasteiger charge is 2.28. The lowest BCUT2D eigenvalue weighted by molar-refractivity contribution is -0.126. The first-order valence-electron chi connectivity index (χ1n) is 10.1. The summed E-state index contributed by atoms with van der Waals surface area (Å²) in [6.45, 7) is 7.95. The van der Waals surface area contributed by atoms with Gasteiger partial charge in [0.1, 0.15) is 0 Å². The van der Waals surface area contributed by atoms with Crippen molar-refractivity contribution in [2.75, 3.05) is 19.6 Å². The monoisotopic (exact) mass is 378 g/mol. The molecule has 0 radical (unpaired) electrons. The maximum absolute atomic E-state index is 12.9. The third-order valence-corrected chi connectivity index (χ3v) is 5.50. The summed E-state index contributed by atoms with van der Waals surface area (Å²) in [5, 5.41) is 3.07. The number of carbonyl (C=O) groups is 2. The van der Waals surface area contributed by atoms with Crippen LogP contribution in [0.1, 0.15) is 45.5 Å². The number of amides is 2. The van der Waals surface area contributed by atoms with Gasteiger partial charge in [0.05, 0.1) is 5.92 Å². The molecule has 1 fully saturated rings. The van der Waals surface area contributed by atoms with E-state index in [2.05, 4.69) is 30.4 Å². The van der Waals surface area contributed by atoms with Gasteiger partial charge in [0.2, 0.25) is 5.91 Å². The van der Waals surface area contributed by atoms with Crippen molar-refractivity contribution in [3.05, 3.63) is 70.3 Å². The van der Waals surface area contributed by atoms with Gasteiger partial charge in [-0.3, -0.25) is 9.59 Å². The van der Waals surface area contributed by atoms with Crippen molar-refractivity contribution in [3.63, 3.8) is 0 Å². The van der Waals surface area contributed by atoms with Crippen molar-refractivity contribution < 1.29 is 9.59 Å². The summed E-state index contributed by atoms with van der Waals surface area (Å²) in [6, 6.07) is 14.2. The minimum Gasteiger partial charge on any atom is -0.355 e. The Morgan fingerprint density at radius 2 is 1.79 bits per heavy atom. The summed E-state index contributed by atoms with van der Waals surface area (Å²) in [4.78, 5) is 27.4. The molecule has 4 heteroatoms. The van der Waals surface area contributed by atoms with E-state index in [0.29, 0.717) is 13.1 Å². The number of piperidine rings is 1. The zero-order chi connectivity index (χ0) is 20.1. The molecule has 4 nitrogen and oxygen atoms in total. The van der Waals surface area contributed by atoms with Crippen LogP contribution in [0, 0.1) is 26.7 Å². The van der Waals surface area contributed by atoms with Crippen LogP contribution in [0.5, 0.6) is 0 Å². The minimum absolute atomic E-state index is 0.0317. The number of likely N-dealkylation sites (tertiary alicyclic amines) is 1. The van der Waals surface area contributed by atoms with Gasteiger partial charge in [-0.15, -0.1) is 0 Å². The van der Waals surface area contributed by atoms with Gasteiger partial charge in [-0.05, 0) is 63.3 Å². The van der Waals surface area contributed by atoms with E-state index in [-0.39, 0.29) is 17.7 Å². The molecule has 148 valence electrons. The molecule has 1 aliphatic heterocycles. The Bertz CT molecular complexity index is 839. The molecular formula is C24H30N2O2. The van der Waals surface area contributed by atoms with E-state index < -0.39 is 0 Å². The van der Waals surface area contributed by atoms with E-state index in [1.165, 1.54) is 11.1 Å². The van der Waals surface area contributed by atoms with Crippen LogP contribution in [0.2, 0.25) is 0 Å². The highest BCUT2D eigenvalue weighted by Crippen LogP contribution is 2.20. The van der Waals surface area contributed by atoms with Crippen LogP contribution >= 0.6 is 0 Å². The smallest absolute Gasteiger partial charge is 0.253 e. The Hall–Kier alpha value is -2.62. The van der Waals surface area contributed by atoms with Crippen molar-refractivity contribution in [2.24, 2.45) is 5.92 Å². The second kappa shape index (κ2) is 9.05. The first-order valence-corrected chi connectivity index (χ1v) is 10.1. The first-order chi connectivity index (χ1) is 13.4. The highest BCUT2D eigenvalue weighted by molar-refractivity contribution is 5.95. The van der Waals surface area contributed by atoms with Gasteiger partial charge in [0.15, 0.2) is 0 Å². The second-order valence-electron chi connectivity index (χ2n) is 7.93. The molecule has 2 amide bonds. The van der Waals surface area contributed by atoms with Crippen molar-refractivity contribution >= 4 is 11.8 Å². The lowest BCUT2D eigenvalue weighted by Gasteiger charge is -2.32. The van der Waals surface area contributed by atoms with Crippen molar-refractivity contribution in [1.29, 1.82) is 0 Å². The number of aryl methyl sites for hydroxylation is 3. The molecule has 2 aromatic rings. The summed E-state index contributed by atoms with van der Waals surface area (Å²) in [5.74, 6) is -0.0313. The number of nitrogens with zero attached hydrogens (tertiary/aromatic N) is 1. The average molecular weight is 379 g/mol. The predicted octanol–water partition coefficient (Wildman–Crippen LogP) is 3.82. The fourth-order valence-corrected chi connectivity index (χ4v) is 4.01. The topological polar surface area (TPSA) is 49.4 Å². The fourth-order valence-electron chi connectivity index (χ4n) is 4.01. The summed E-state index contributed by atoms with van der Waals surface area (Å²) in [7, 11) is 0. The molecule has 0 bridgehead atoms. The Morgan fingerprint density at radius 3 is 2.50 bits per heavy atom. The molecular weight excluding hydrogens is 348 g/mol. The Kier molecular flexibility index (Phi) is 6.50. The predicted molar refractivity (Wildman–Crippen MR) is 112 cm³/mol. The molecule has 1 atom stereocenters. The van der Waals surface area contributed by atoms with Gasteiger partial charge in [-0.1, -0.05) is 41.5 Å². The van der Waals surface area contributed by atoms with Gasteiger partial charge in [-0.25, -0.2) is 0 Å². The van der Waals surface area contributed by atoms with E-state index in [0.717, 1.165) is 42.5 Å². The second-order valence-corrected chi connectivity index (χ2v) is 7.93. The minimum atomic E-state index is -0.125. The summed E-state index contributed by atoms with van der Waals surface area (Å²) < 4.78 is 0. The zero-order valence-corrected chi connectivity index (χ0v) is 17.1. The summed E-state index contributed by atoms with van der Waals surface area (Å²) in [5.41, 5.74) is 5.41. The van der Waals surface area contributed by atoms with E-state index in [4.69, 9.17) is 0 Å². The molecule has 0 aromatic heterocycles. The van der Waals surface area contributed by atoms with Crippen molar-refractivity contribution in [2.45, 2.75) is 40.0 Å². The van der Waals surface area contributed by atoms with E-state index in [1.54, 1.807) is 0 Å². The van der Waals surface area contributed by atoms with Gasteiger partial charge in [0.25, 0.3) is 5.91 Å². The summed E-state index contributed by atoms with van der Waals surface area (Å²) in [6.07, 6.45) is 2.54. The molecule has 28 heavy (non-hydrogen) atoms. The number of rotatable bonds is 5. The Morgan fingerprint density at radius 1 is 1.07 bits per heavy atom. The molecule has 1 heterocycles. The maximum Gasteiger partial charge on any atom is 0.253 e. The summed E-state index contributed by atoms with van der Waals surface area (Å²) >= 11 is 0. The highest BCUT2D eigenvalue weighted by atomic mass is 16.2. The van der Waals surface area contributed by atoms with Crippen LogP contribution in [0.4, 0.5) is 0 Å². The van der Waals surface area contributed by atoms with Crippen LogP contribution in [0.15, 0.2) is 42.5 Å². The third-order valence-electron chi connectivity index (χ3n) is 5.50. The lowest BCUT2D eigenvalue weighted by atomic mass is 9.96. The van der Waals surface area contributed by atoms with Crippen LogP contribution in [0.3, 0.4) is 0 Å². The Balaban J connectivity index is 1.55. The number of hydrogen-bond donors (Lipinski definition) is 1. The molecule has 1 saturated heterocycles. The van der Waals surface area contributed by atoms with Crippen LogP contribution in [-0.2, 0) is 11.2 Å². The van der Waals surface area contributed by atoms with E-state index in [1.807, 2.05) is 43.0 Å². The SMILES string of the molecule is Cc1cc(C)cc(C(=O)N2CCC[C@@H](C(=O)NCCc3ccccc3C)C2)c1. The van der Waals surface area contributed by atoms with Gasteiger partial charge in [-0.2, -0.15) is 0 Å². The standard InChI is InChI=1S/C24H30N2O2/c1-17-13-18(2)15-22(14-17)24(28)26-12-6-9-21(16-26)23(27)25-11-10-20-8-5-4-7-19(20)3/h4-5,7-8,13-15,21H,6,9-12,16H2,1-3H3,(H,25,27)/t21-/m1/s1. The maximum atomic E-state index is 12.9. The van der Waals surface area contributed by atoms with Gasteiger partial charge in [0, 0.05) is 25.2 Å². The van der Waals surface area contributed by atoms with Crippen molar-refractivity contribution in [3.8, 4) is 0 Å². The zero-order valence-electron chi connectivity index (χ0n) is 17.1. The molecule has 3 rings (SSSR count). The van der Waals surface area contributed by atoms with Gasteiger partial charge < -0.3 is 10.2 Å². The first kappa shape index (κ1) is 20.1. The molecule has 0 saturated carbocycles. The van der Waals surface area contributed by atoms with Gasteiger partial charge >= 0.3 is 0 Å². The van der Waals surface area contributed by atoms with E-state index in [9.17, 15) is 9.59 Å². The van der Waals surface area contributed by atoms with E-state index >= 15 is 0 Å².